The van der Waals surface area contributed by atoms with Crippen molar-refractivity contribution in [1.29, 1.82) is 0 Å². The lowest BCUT2D eigenvalue weighted by Gasteiger charge is -2.57. The van der Waals surface area contributed by atoms with E-state index < -0.39 is 47.2 Å². The molecular weight excluding hydrogens is 552 g/mol. The molecule has 0 aromatic rings. The van der Waals surface area contributed by atoms with Gasteiger partial charge in [0.1, 0.15) is 18.3 Å². The summed E-state index contributed by atoms with van der Waals surface area (Å²) in [6.07, 6.45) is 1.25. The van der Waals surface area contributed by atoms with E-state index in [9.17, 15) is 24.3 Å². The number of aliphatic hydroxyl groups excluding tert-OH is 1. The normalized spacial score (nSPS) is 37.0. The molecule has 0 amide bonds. The van der Waals surface area contributed by atoms with Crippen molar-refractivity contribution in [2.45, 2.75) is 144 Å². The van der Waals surface area contributed by atoms with E-state index in [-0.39, 0.29) is 54.6 Å². The van der Waals surface area contributed by atoms with Crippen LogP contribution in [0.4, 0.5) is 0 Å². The van der Waals surface area contributed by atoms with Crippen LogP contribution in [0.2, 0.25) is 0 Å². The minimum absolute atomic E-state index is 0.0922. The Hall–Kier alpha value is -2.42. The lowest BCUT2D eigenvalue weighted by molar-refractivity contribution is -0.207. The molecule has 0 aromatic carbocycles. The number of allylic oxidation sites excluding steroid dienone is 1. The quantitative estimate of drug-likeness (QED) is 0.179. The van der Waals surface area contributed by atoms with E-state index >= 15 is 0 Å². The van der Waals surface area contributed by atoms with Gasteiger partial charge in [0.25, 0.3) is 0 Å². The van der Waals surface area contributed by atoms with Gasteiger partial charge in [-0.05, 0) is 62.4 Å². The van der Waals surface area contributed by atoms with E-state index in [0.29, 0.717) is 44.1 Å². The molecule has 0 aromatic heterocycles. The van der Waals surface area contributed by atoms with Crippen molar-refractivity contribution in [1.82, 2.24) is 0 Å². The molecule has 3 aliphatic carbocycles. The molecule has 2 fully saturated rings. The molecule has 10 atom stereocenters. The zero-order valence-electron chi connectivity index (χ0n) is 27.6. The molecule has 9 heteroatoms. The summed E-state index contributed by atoms with van der Waals surface area (Å²) < 4.78 is 24.0. The average Bonchev–Trinajstić information content (AvgIpc) is 3.17. The summed E-state index contributed by atoms with van der Waals surface area (Å²) in [4.78, 5) is 50.9. The van der Waals surface area contributed by atoms with Gasteiger partial charge in [-0.3, -0.25) is 19.2 Å². The molecule has 3 rings (SSSR count). The number of hydrogen-bond acceptors (Lipinski definition) is 9. The number of aliphatic hydroxyl groups is 1. The predicted octanol–water partition coefficient (Wildman–Crippen LogP) is 5.70. The van der Waals surface area contributed by atoms with Crippen molar-refractivity contribution in [3.8, 4) is 0 Å². The fraction of sp³-hybridized carbons (Fsp3) is 0.824. The maximum atomic E-state index is 13.0. The average molecular weight is 607 g/mol. The van der Waals surface area contributed by atoms with Crippen molar-refractivity contribution in [2.75, 3.05) is 0 Å². The smallest absolute Gasteiger partial charge is 0.306 e. The van der Waals surface area contributed by atoms with Gasteiger partial charge in [-0.1, -0.05) is 54.5 Å². The van der Waals surface area contributed by atoms with Crippen LogP contribution in [0.15, 0.2) is 11.6 Å². The lowest BCUT2D eigenvalue weighted by Crippen LogP contribution is -2.60. The van der Waals surface area contributed by atoms with Crippen molar-refractivity contribution in [3.05, 3.63) is 11.6 Å². The minimum Gasteiger partial charge on any atom is -0.462 e. The van der Waals surface area contributed by atoms with Crippen LogP contribution in [0.1, 0.15) is 114 Å². The molecule has 2 saturated carbocycles. The van der Waals surface area contributed by atoms with E-state index in [1.807, 2.05) is 34.6 Å². The molecule has 43 heavy (non-hydrogen) atoms. The first-order valence-corrected chi connectivity index (χ1v) is 16.3. The van der Waals surface area contributed by atoms with Crippen LogP contribution in [0.3, 0.4) is 0 Å². The molecule has 0 saturated heterocycles. The van der Waals surface area contributed by atoms with Crippen LogP contribution < -0.4 is 0 Å². The second kappa shape index (κ2) is 14.1. The van der Waals surface area contributed by atoms with Crippen LogP contribution in [0.25, 0.3) is 0 Å². The van der Waals surface area contributed by atoms with Gasteiger partial charge >= 0.3 is 23.9 Å². The number of carbonyl (C=O) groups is 4. The van der Waals surface area contributed by atoms with Gasteiger partial charge < -0.3 is 24.1 Å². The number of hydrogen-bond donors (Lipinski definition) is 1. The number of esters is 4. The third-order valence-corrected chi connectivity index (χ3v) is 10.2. The predicted molar refractivity (Wildman–Crippen MR) is 160 cm³/mol. The molecule has 3 aliphatic rings. The summed E-state index contributed by atoms with van der Waals surface area (Å²) in [6.45, 7) is 17.2. The van der Waals surface area contributed by atoms with E-state index in [2.05, 4.69) is 26.8 Å². The number of carbonyl (C=O) groups excluding carboxylic acids is 4. The first-order chi connectivity index (χ1) is 20.1. The first-order valence-electron chi connectivity index (χ1n) is 16.3. The Balaban J connectivity index is 2.22. The molecule has 0 bridgehead atoms. The summed E-state index contributed by atoms with van der Waals surface area (Å²) in [7, 11) is 0. The standard InChI is InChI=1S/C34H54O9/c1-10-13-25(36)41-23-17-34(9)24(42-26(37)14-11-2)18-33(8)22(29(34)28(23)19(4)5)16-20(6)30(40-21(7)35)31(32(33)39)43-27(38)15-12-3/h16,19,22-24,28-32,39H,10-15,17-18H2,1-9H3/t22-,23+,24+,28+,29?,30+,31+,32?,33?,34?/m1/s1. The molecular formula is C34H54O9. The molecule has 0 radical (unpaired) electrons. The molecule has 1 N–H and O–H groups in total. The van der Waals surface area contributed by atoms with Crippen molar-refractivity contribution < 1.29 is 43.2 Å². The van der Waals surface area contributed by atoms with Gasteiger partial charge in [-0.25, -0.2) is 0 Å². The van der Waals surface area contributed by atoms with Crippen LogP contribution in [-0.4, -0.2) is 59.5 Å². The fourth-order valence-corrected chi connectivity index (χ4v) is 8.22. The summed E-state index contributed by atoms with van der Waals surface area (Å²) in [5.74, 6) is -1.98. The second-order valence-electron chi connectivity index (χ2n) is 13.9. The fourth-order valence-electron chi connectivity index (χ4n) is 8.22. The van der Waals surface area contributed by atoms with Crippen molar-refractivity contribution >= 4 is 23.9 Å². The Morgan fingerprint density at radius 2 is 1.40 bits per heavy atom. The molecule has 244 valence electrons. The maximum Gasteiger partial charge on any atom is 0.306 e. The van der Waals surface area contributed by atoms with Gasteiger partial charge in [-0.2, -0.15) is 0 Å². The highest BCUT2D eigenvalue weighted by Crippen LogP contribution is 2.66. The first kappa shape index (κ1) is 35.1. The van der Waals surface area contributed by atoms with Crippen LogP contribution in [-0.2, 0) is 38.1 Å². The summed E-state index contributed by atoms with van der Waals surface area (Å²) >= 11 is 0. The SMILES string of the molecule is CCCC(=O)O[C@H]1CC2(C)C([C@H]1C(C)C)[C@H]1C=C(C)[C@H](OC(C)=O)[C@H](OC(=O)CCC)C(O)C1(C)C[C@@H]2OC(=O)CCC. The Labute approximate surface area is 257 Å². The van der Waals surface area contributed by atoms with Gasteiger partial charge in [0.15, 0.2) is 12.2 Å². The highest BCUT2D eigenvalue weighted by atomic mass is 16.6. The zero-order chi connectivity index (χ0) is 32.3. The number of fused-ring (bicyclic) bond motifs is 3. The third kappa shape index (κ3) is 7.12. The van der Waals surface area contributed by atoms with Gasteiger partial charge in [0.05, 0.1) is 0 Å². The minimum atomic E-state index is -1.23. The van der Waals surface area contributed by atoms with Gasteiger partial charge in [0.2, 0.25) is 0 Å². The van der Waals surface area contributed by atoms with E-state index in [1.54, 1.807) is 0 Å². The topological polar surface area (TPSA) is 125 Å². The maximum absolute atomic E-state index is 13.0. The lowest BCUT2D eigenvalue weighted by atomic mass is 9.49. The molecule has 9 nitrogen and oxygen atoms in total. The van der Waals surface area contributed by atoms with Crippen LogP contribution >= 0.6 is 0 Å². The molecule has 0 heterocycles. The second-order valence-corrected chi connectivity index (χ2v) is 13.9. The van der Waals surface area contributed by atoms with Gasteiger partial charge in [-0.15, -0.1) is 0 Å². The van der Waals surface area contributed by atoms with Crippen molar-refractivity contribution in [2.24, 2.45) is 34.5 Å². The summed E-state index contributed by atoms with van der Waals surface area (Å²) in [5, 5.41) is 12.3. The van der Waals surface area contributed by atoms with Crippen LogP contribution in [0, 0.1) is 34.5 Å². The largest absolute Gasteiger partial charge is 0.462 e. The highest BCUT2D eigenvalue weighted by Gasteiger charge is 2.68. The zero-order valence-corrected chi connectivity index (χ0v) is 27.6. The van der Waals surface area contributed by atoms with E-state index in [0.717, 1.165) is 0 Å². The molecule has 4 unspecified atom stereocenters. The Morgan fingerprint density at radius 3 is 1.91 bits per heavy atom. The van der Waals surface area contributed by atoms with Gasteiger partial charge in [0, 0.05) is 42.9 Å². The number of rotatable bonds is 11. The van der Waals surface area contributed by atoms with E-state index in [1.165, 1.54) is 6.92 Å². The Kier molecular flexibility index (Phi) is 11.5. The third-order valence-electron chi connectivity index (χ3n) is 10.2. The number of ether oxygens (including phenoxy) is 4. The Bertz CT molecular complexity index is 1070. The van der Waals surface area contributed by atoms with Crippen LogP contribution in [0.5, 0.6) is 0 Å². The van der Waals surface area contributed by atoms with Crippen molar-refractivity contribution in [3.63, 3.8) is 0 Å². The highest BCUT2D eigenvalue weighted by molar-refractivity contribution is 5.71. The molecule has 0 aliphatic heterocycles. The van der Waals surface area contributed by atoms with E-state index in [4.69, 9.17) is 18.9 Å². The molecule has 0 spiro atoms. The monoisotopic (exact) mass is 606 g/mol. The summed E-state index contributed by atoms with van der Waals surface area (Å²) in [5.41, 5.74) is -0.800. The Morgan fingerprint density at radius 1 is 0.860 bits per heavy atom. The summed E-state index contributed by atoms with van der Waals surface area (Å²) in [6, 6.07) is 0.